The fourth-order valence-electron chi connectivity index (χ4n) is 2.06. The van der Waals surface area contributed by atoms with Crippen LogP contribution in [0.15, 0.2) is 58.2 Å². The summed E-state index contributed by atoms with van der Waals surface area (Å²) >= 11 is 5.73. The van der Waals surface area contributed by atoms with Gasteiger partial charge >= 0.3 is 0 Å². The average Bonchev–Trinajstić information content (AvgIpc) is 3.10. The molecule has 0 unspecified atom stereocenters. The predicted molar refractivity (Wildman–Crippen MR) is 90.6 cm³/mol. The molecule has 0 amide bonds. The number of anilines is 1. The molecule has 7 nitrogen and oxygen atoms in total. The lowest BCUT2D eigenvalue weighted by Crippen LogP contribution is -2.22. The van der Waals surface area contributed by atoms with Crippen LogP contribution in [0.4, 0.5) is 15.8 Å². The monoisotopic (exact) mass is 361 g/mol. The van der Waals surface area contributed by atoms with Gasteiger partial charge in [0.15, 0.2) is 11.5 Å². The quantitative estimate of drug-likeness (QED) is 0.365. The molecule has 0 bridgehead atoms. The second-order valence-electron chi connectivity index (χ2n) is 4.95. The zero-order valence-corrected chi connectivity index (χ0v) is 13.5. The Kier molecular flexibility index (Phi) is 5.22. The summed E-state index contributed by atoms with van der Waals surface area (Å²) in [6.45, 7) is 0.299. The molecule has 0 radical (unpaired) electrons. The van der Waals surface area contributed by atoms with Crippen LogP contribution >= 0.6 is 11.6 Å². The van der Waals surface area contributed by atoms with E-state index in [1.807, 2.05) is 35.8 Å². The Morgan fingerprint density at radius 1 is 1.20 bits per heavy atom. The van der Waals surface area contributed by atoms with Crippen molar-refractivity contribution in [1.82, 2.24) is 15.8 Å². The first-order valence-corrected chi connectivity index (χ1v) is 7.59. The van der Waals surface area contributed by atoms with Crippen molar-refractivity contribution in [2.45, 2.75) is 6.54 Å². The molecule has 3 rings (SSSR count). The lowest BCUT2D eigenvalue weighted by Gasteiger charge is -2.06. The smallest absolute Gasteiger partial charge is 0.182 e. The molecule has 0 aliphatic heterocycles. The van der Waals surface area contributed by atoms with E-state index in [4.69, 9.17) is 16.2 Å². The molecule has 1 aromatic heterocycles. The van der Waals surface area contributed by atoms with Gasteiger partial charge in [0.2, 0.25) is 0 Å². The maximum absolute atomic E-state index is 13.2. The van der Waals surface area contributed by atoms with Gasteiger partial charge in [0, 0.05) is 5.69 Å². The Morgan fingerprint density at radius 3 is 2.72 bits per heavy atom. The van der Waals surface area contributed by atoms with E-state index in [2.05, 4.69) is 20.6 Å². The minimum absolute atomic E-state index is 0.00575. The maximum Gasteiger partial charge on any atom is 0.182 e. The molecule has 0 spiro atoms. The number of hydrogen-bond donors (Lipinski definition) is 3. The van der Waals surface area contributed by atoms with Gasteiger partial charge in [-0.3, -0.25) is 10.7 Å². The Balaban J connectivity index is 1.83. The van der Waals surface area contributed by atoms with E-state index in [1.165, 1.54) is 18.2 Å². The topological polar surface area (TPSA) is 95.6 Å². The number of hydrogen-bond acceptors (Lipinski definition) is 6. The van der Waals surface area contributed by atoms with Crippen molar-refractivity contribution < 1.29 is 14.2 Å². The molecule has 128 valence electrons. The van der Waals surface area contributed by atoms with E-state index in [9.17, 15) is 9.60 Å². The summed E-state index contributed by atoms with van der Waals surface area (Å²) < 4.78 is 18.0. The number of amidine groups is 1. The molecule has 0 atom stereocenters. The molecule has 2 aromatic carbocycles. The number of nitrogens with one attached hydrogen (secondary N) is 2. The largest absolute Gasteiger partial charge is 0.379 e. The first kappa shape index (κ1) is 16.9. The van der Waals surface area contributed by atoms with Crippen LogP contribution in [0, 0.1) is 5.82 Å². The normalized spacial score (nSPS) is 11.4. The number of nitrogens with zero attached hydrogens (tertiary/aromatic N) is 3. The molecular formula is C16H13ClFN5O2. The van der Waals surface area contributed by atoms with Crippen LogP contribution in [0.2, 0.25) is 5.02 Å². The summed E-state index contributed by atoms with van der Waals surface area (Å²) in [6, 6.07) is 13.4. The van der Waals surface area contributed by atoms with Crippen molar-refractivity contribution in [3.63, 3.8) is 0 Å². The first-order valence-electron chi connectivity index (χ1n) is 7.22. The van der Waals surface area contributed by atoms with E-state index in [1.54, 1.807) is 0 Å². The predicted octanol–water partition coefficient (Wildman–Crippen LogP) is 3.53. The van der Waals surface area contributed by atoms with Crippen LogP contribution < -0.4 is 10.8 Å². The van der Waals surface area contributed by atoms with E-state index >= 15 is 0 Å². The van der Waals surface area contributed by atoms with E-state index in [-0.39, 0.29) is 16.6 Å². The van der Waals surface area contributed by atoms with Gasteiger partial charge in [0.25, 0.3) is 0 Å². The van der Waals surface area contributed by atoms with Crippen LogP contribution in [0.25, 0.3) is 0 Å². The molecule has 0 saturated carbocycles. The second kappa shape index (κ2) is 7.73. The summed E-state index contributed by atoms with van der Waals surface area (Å²) in [6.07, 6.45) is 0. The lowest BCUT2D eigenvalue weighted by molar-refractivity contribution is 0.234. The van der Waals surface area contributed by atoms with Crippen LogP contribution in [0.5, 0.6) is 0 Å². The Bertz CT molecular complexity index is 885. The molecule has 0 fully saturated rings. The molecular weight excluding hydrogens is 349 g/mol. The van der Waals surface area contributed by atoms with Crippen molar-refractivity contribution in [3.8, 4) is 0 Å². The van der Waals surface area contributed by atoms with E-state index < -0.39 is 5.82 Å². The zero-order valence-electron chi connectivity index (χ0n) is 12.8. The summed E-state index contributed by atoms with van der Waals surface area (Å²) in [4.78, 5) is 4.15. The van der Waals surface area contributed by atoms with Gasteiger partial charge in [0.1, 0.15) is 11.5 Å². The third-order valence-electron chi connectivity index (χ3n) is 3.26. The highest BCUT2D eigenvalue weighted by molar-refractivity contribution is 6.31. The minimum Gasteiger partial charge on any atom is -0.379 e. The van der Waals surface area contributed by atoms with Crippen molar-refractivity contribution in [2.75, 3.05) is 5.32 Å². The van der Waals surface area contributed by atoms with Crippen molar-refractivity contribution in [1.29, 1.82) is 0 Å². The molecule has 3 N–H and O–H groups in total. The summed E-state index contributed by atoms with van der Waals surface area (Å²) in [7, 11) is 0. The molecule has 0 aliphatic rings. The zero-order chi connectivity index (χ0) is 17.6. The fourth-order valence-corrected chi connectivity index (χ4v) is 2.23. The molecule has 25 heavy (non-hydrogen) atoms. The number of hydroxylamine groups is 1. The van der Waals surface area contributed by atoms with Gasteiger partial charge < -0.3 is 5.32 Å². The number of aromatic nitrogens is 2. The fraction of sp³-hybridized carbons (Fsp3) is 0.0625. The van der Waals surface area contributed by atoms with Gasteiger partial charge in [-0.25, -0.2) is 14.0 Å². The molecule has 3 aromatic rings. The first-order chi connectivity index (χ1) is 12.2. The average molecular weight is 362 g/mol. The van der Waals surface area contributed by atoms with Crippen molar-refractivity contribution in [2.24, 2.45) is 4.99 Å². The third-order valence-corrected chi connectivity index (χ3v) is 3.55. The van der Waals surface area contributed by atoms with Gasteiger partial charge in [-0.15, -0.1) is 0 Å². The van der Waals surface area contributed by atoms with Crippen LogP contribution in [0.1, 0.15) is 11.4 Å². The second-order valence-corrected chi connectivity index (χ2v) is 5.36. The van der Waals surface area contributed by atoms with Crippen LogP contribution in [-0.4, -0.2) is 21.4 Å². The minimum atomic E-state index is -0.560. The number of aliphatic imine (C=N–C) groups is 1. The number of benzene rings is 2. The van der Waals surface area contributed by atoms with Crippen molar-refractivity contribution >= 4 is 28.8 Å². The summed E-state index contributed by atoms with van der Waals surface area (Å²) in [5.74, 6) is -0.566. The summed E-state index contributed by atoms with van der Waals surface area (Å²) in [5.41, 5.74) is 3.80. The Hall–Kier alpha value is -2.97. The Morgan fingerprint density at radius 2 is 2.00 bits per heavy atom. The van der Waals surface area contributed by atoms with E-state index in [0.29, 0.717) is 17.9 Å². The SMILES string of the molecule is ONC(=Nc1ccc(F)c(Cl)c1)c1nonc1CNc1ccccc1. The van der Waals surface area contributed by atoms with Crippen LogP contribution in [-0.2, 0) is 6.54 Å². The Labute approximate surface area is 147 Å². The van der Waals surface area contributed by atoms with Crippen LogP contribution in [0.3, 0.4) is 0 Å². The molecule has 1 heterocycles. The number of halogens is 2. The highest BCUT2D eigenvalue weighted by Gasteiger charge is 2.16. The van der Waals surface area contributed by atoms with E-state index in [0.717, 1.165) is 5.69 Å². The standard InChI is InChI=1S/C16H13ClFN5O2/c17-12-8-11(6-7-13(12)18)20-16(21-24)15-14(22-25-23-15)9-19-10-4-2-1-3-5-10/h1-8,19,24H,9H2,(H,20,21). The molecule has 0 saturated heterocycles. The number of para-hydroxylation sites is 1. The third kappa shape index (κ3) is 4.11. The van der Waals surface area contributed by atoms with Gasteiger partial charge in [0.05, 0.1) is 17.3 Å². The van der Waals surface area contributed by atoms with Crippen molar-refractivity contribution in [3.05, 3.63) is 70.8 Å². The van der Waals surface area contributed by atoms with Gasteiger partial charge in [-0.2, -0.15) is 0 Å². The summed E-state index contributed by atoms with van der Waals surface area (Å²) in [5, 5.41) is 20.0. The van der Waals surface area contributed by atoms with Gasteiger partial charge in [-0.05, 0) is 35.5 Å². The highest BCUT2D eigenvalue weighted by Crippen LogP contribution is 2.22. The highest BCUT2D eigenvalue weighted by atomic mass is 35.5. The molecule has 9 heteroatoms. The maximum atomic E-state index is 13.2. The lowest BCUT2D eigenvalue weighted by atomic mass is 10.2. The van der Waals surface area contributed by atoms with Gasteiger partial charge in [-0.1, -0.05) is 35.0 Å². The molecule has 0 aliphatic carbocycles. The number of rotatable bonds is 5.